The Morgan fingerprint density at radius 2 is 2.37 bits per heavy atom. The summed E-state index contributed by atoms with van der Waals surface area (Å²) in [5, 5.41) is 3.13. The van der Waals surface area contributed by atoms with E-state index in [0.717, 1.165) is 42.8 Å². The van der Waals surface area contributed by atoms with Crippen molar-refractivity contribution in [3.8, 4) is 0 Å². The topological polar surface area (TPSA) is 90.0 Å². The summed E-state index contributed by atoms with van der Waals surface area (Å²) < 4.78 is 19.2. The molecule has 0 spiro atoms. The normalized spacial score (nSPS) is 26.6. The number of likely N-dealkylation sites (tertiary alicyclic amines) is 1. The second-order valence-electron chi connectivity index (χ2n) is 8.38. The van der Waals surface area contributed by atoms with Gasteiger partial charge in [-0.3, -0.25) is 15.1 Å². The van der Waals surface area contributed by atoms with Crippen LogP contribution in [0.2, 0.25) is 0 Å². The Labute approximate surface area is 175 Å². The lowest BCUT2D eigenvalue weighted by atomic mass is 10.1. The van der Waals surface area contributed by atoms with Crippen LogP contribution in [0, 0.1) is 0 Å². The average molecular weight is 417 g/mol. The number of hydrogen-bond acceptors (Lipinski definition) is 6. The van der Waals surface area contributed by atoms with Crippen LogP contribution in [0.1, 0.15) is 35.8 Å². The van der Waals surface area contributed by atoms with E-state index >= 15 is 0 Å². The van der Waals surface area contributed by atoms with Gasteiger partial charge >= 0.3 is 0 Å². The highest BCUT2D eigenvalue weighted by atomic mass is 19.1. The molecule has 0 aromatic carbocycles. The number of nitrogens with one attached hydrogen (secondary N) is 2. The van der Waals surface area contributed by atoms with E-state index in [1.54, 1.807) is 25.1 Å². The fourth-order valence-corrected chi connectivity index (χ4v) is 4.28. The molecule has 0 saturated carbocycles. The number of anilines is 1. The van der Waals surface area contributed by atoms with Gasteiger partial charge in [0.2, 0.25) is 0 Å². The summed E-state index contributed by atoms with van der Waals surface area (Å²) in [4.78, 5) is 35.4. The number of aryl methyl sites for hydroxylation is 1. The number of methoxy groups -OCH3 is 1. The predicted molar refractivity (Wildman–Crippen MR) is 112 cm³/mol. The molecule has 0 bridgehead atoms. The minimum Gasteiger partial charge on any atom is -0.383 e. The van der Waals surface area contributed by atoms with Crippen LogP contribution in [-0.4, -0.2) is 79.5 Å². The summed E-state index contributed by atoms with van der Waals surface area (Å²) in [6, 6.07) is 1.46. The first kappa shape index (κ1) is 20.7. The van der Waals surface area contributed by atoms with Crippen molar-refractivity contribution in [3.05, 3.63) is 29.1 Å². The molecule has 0 radical (unpaired) electrons. The van der Waals surface area contributed by atoms with Crippen molar-refractivity contribution in [2.75, 3.05) is 38.3 Å². The number of alkyl halides is 1. The number of nitrogens with zero attached hydrogens (tertiary/aromatic N) is 3. The SMILES string of the molecule is COCC(C=O)NC1C=C(N2CCCc3cc(C(=O)N4CCC(C)(F)C4)[nH]c32)C=N1. The van der Waals surface area contributed by atoms with E-state index in [1.165, 1.54) is 0 Å². The van der Waals surface area contributed by atoms with Gasteiger partial charge in [0.15, 0.2) is 0 Å². The quantitative estimate of drug-likeness (QED) is 0.656. The smallest absolute Gasteiger partial charge is 0.270 e. The Morgan fingerprint density at radius 1 is 1.53 bits per heavy atom. The number of fused-ring (bicyclic) bond motifs is 1. The fourth-order valence-electron chi connectivity index (χ4n) is 4.28. The standard InChI is InChI=1S/C21H28FN5O3/c1-21(22)5-7-26(13-21)20(29)17-8-14-4-3-6-27(19(14)25-17)16-9-18(23-10-16)24-15(11-28)12-30-2/h8-11,15,18,24-25H,3-7,12-13H2,1-2H3. The molecule has 3 atom stereocenters. The molecule has 9 heteroatoms. The van der Waals surface area contributed by atoms with Crippen LogP contribution < -0.4 is 10.2 Å². The fraction of sp³-hybridized carbons (Fsp3) is 0.571. The largest absolute Gasteiger partial charge is 0.383 e. The molecule has 1 saturated heterocycles. The van der Waals surface area contributed by atoms with Crippen molar-refractivity contribution in [3.63, 3.8) is 0 Å². The average Bonchev–Trinajstić information content (AvgIpc) is 3.44. The third-order valence-corrected chi connectivity index (χ3v) is 5.82. The van der Waals surface area contributed by atoms with Gasteiger partial charge < -0.3 is 24.3 Å². The Kier molecular flexibility index (Phi) is 5.75. The first-order valence-corrected chi connectivity index (χ1v) is 10.3. The summed E-state index contributed by atoms with van der Waals surface area (Å²) in [5.41, 5.74) is 1.16. The predicted octanol–water partition coefficient (Wildman–Crippen LogP) is 1.44. The number of rotatable bonds is 7. The lowest BCUT2D eigenvalue weighted by molar-refractivity contribution is -0.110. The van der Waals surface area contributed by atoms with Crippen LogP contribution in [0.25, 0.3) is 0 Å². The van der Waals surface area contributed by atoms with E-state index in [-0.39, 0.29) is 25.2 Å². The number of allylic oxidation sites excluding steroid dienone is 1. The lowest BCUT2D eigenvalue weighted by Gasteiger charge is -2.28. The van der Waals surface area contributed by atoms with Crippen molar-refractivity contribution in [2.45, 2.75) is 44.1 Å². The van der Waals surface area contributed by atoms with Gasteiger partial charge in [-0.2, -0.15) is 0 Å². The molecule has 1 aromatic rings. The summed E-state index contributed by atoms with van der Waals surface area (Å²) in [7, 11) is 1.55. The van der Waals surface area contributed by atoms with Gasteiger partial charge in [-0.1, -0.05) is 0 Å². The summed E-state index contributed by atoms with van der Waals surface area (Å²) in [6.45, 7) is 3.18. The highest BCUT2D eigenvalue weighted by Gasteiger charge is 2.37. The highest BCUT2D eigenvalue weighted by Crippen LogP contribution is 2.32. The number of aldehydes is 1. The van der Waals surface area contributed by atoms with E-state index in [0.29, 0.717) is 18.7 Å². The molecule has 8 nitrogen and oxygen atoms in total. The number of halogens is 1. The molecule has 0 aliphatic carbocycles. The molecule has 1 fully saturated rings. The van der Waals surface area contributed by atoms with Gasteiger partial charge in [-0.05, 0) is 37.5 Å². The molecule has 3 aliphatic rings. The van der Waals surface area contributed by atoms with Gasteiger partial charge in [-0.15, -0.1) is 0 Å². The molecule has 4 heterocycles. The first-order chi connectivity index (χ1) is 14.4. The Bertz CT molecular complexity index is 878. The van der Waals surface area contributed by atoms with Crippen LogP contribution in [0.15, 0.2) is 22.8 Å². The zero-order valence-electron chi connectivity index (χ0n) is 17.4. The maximum absolute atomic E-state index is 14.2. The number of hydrogen-bond donors (Lipinski definition) is 2. The van der Waals surface area contributed by atoms with E-state index in [2.05, 4.69) is 20.2 Å². The van der Waals surface area contributed by atoms with Gasteiger partial charge in [0, 0.05) is 32.8 Å². The van der Waals surface area contributed by atoms with Crippen LogP contribution in [0.3, 0.4) is 0 Å². The molecule has 2 N–H and O–H groups in total. The Hall–Kier alpha value is -2.52. The minimum atomic E-state index is -1.32. The van der Waals surface area contributed by atoms with E-state index in [1.807, 2.05) is 12.1 Å². The van der Waals surface area contributed by atoms with Crippen LogP contribution in [-0.2, 0) is 16.0 Å². The number of aliphatic imine (C=N–C) groups is 1. The molecule has 1 amide bonds. The summed E-state index contributed by atoms with van der Waals surface area (Å²) >= 11 is 0. The van der Waals surface area contributed by atoms with Crippen molar-refractivity contribution in [1.29, 1.82) is 0 Å². The molecule has 4 rings (SSSR count). The molecular formula is C21H28FN5O3. The summed E-state index contributed by atoms with van der Waals surface area (Å²) in [5.74, 6) is 0.724. The van der Waals surface area contributed by atoms with Gasteiger partial charge in [0.1, 0.15) is 29.6 Å². The van der Waals surface area contributed by atoms with Crippen molar-refractivity contribution < 1.29 is 18.7 Å². The van der Waals surface area contributed by atoms with Crippen LogP contribution >= 0.6 is 0 Å². The second-order valence-corrected chi connectivity index (χ2v) is 8.38. The minimum absolute atomic E-state index is 0.129. The summed E-state index contributed by atoms with van der Waals surface area (Å²) in [6.07, 6.45) is 6.44. The Balaban J connectivity index is 1.49. The number of carbonyl (C=O) groups excluding carboxylic acids is 2. The maximum Gasteiger partial charge on any atom is 0.270 e. The number of carbonyl (C=O) groups is 2. The zero-order valence-corrected chi connectivity index (χ0v) is 17.4. The van der Waals surface area contributed by atoms with E-state index in [9.17, 15) is 14.0 Å². The number of amides is 1. The number of ether oxygens (including phenoxy) is 1. The van der Waals surface area contributed by atoms with Gasteiger partial charge in [-0.25, -0.2) is 4.39 Å². The van der Waals surface area contributed by atoms with E-state index in [4.69, 9.17) is 4.74 Å². The zero-order chi connectivity index (χ0) is 21.3. The van der Waals surface area contributed by atoms with Crippen molar-refractivity contribution in [2.24, 2.45) is 4.99 Å². The second kappa shape index (κ2) is 8.31. The molecular weight excluding hydrogens is 389 g/mol. The van der Waals surface area contributed by atoms with Crippen molar-refractivity contribution >= 4 is 24.2 Å². The van der Waals surface area contributed by atoms with Crippen molar-refractivity contribution in [1.82, 2.24) is 15.2 Å². The van der Waals surface area contributed by atoms with Gasteiger partial charge in [0.05, 0.1) is 24.9 Å². The van der Waals surface area contributed by atoms with E-state index < -0.39 is 11.7 Å². The monoisotopic (exact) mass is 417 g/mol. The lowest BCUT2D eigenvalue weighted by Crippen LogP contribution is -2.40. The number of aromatic amines is 1. The molecule has 3 aliphatic heterocycles. The third kappa shape index (κ3) is 4.17. The number of aromatic nitrogens is 1. The Morgan fingerprint density at radius 3 is 3.07 bits per heavy atom. The molecule has 1 aromatic heterocycles. The number of H-pyrrole nitrogens is 1. The molecule has 3 unspecified atom stereocenters. The highest BCUT2D eigenvalue weighted by molar-refractivity contribution is 5.95. The van der Waals surface area contributed by atoms with Crippen LogP contribution in [0.4, 0.5) is 10.2 Å². The maximum atomic E-state index is 14.2. The first-order valence-electron chi connectivity index (χ1n) is 10.3. The molecule has 30 heavy (non-hydrogen) atoms. The third-order valence-electron chi connectivity index (χ3n) is 5.82. The molecule has 162 valence electrons. The van der Waals surface area contributed by atoms with Crippen LogP contribution in [0.5, 0.6) is 0 Å². The van der Waals surface area contributed by atoms with Gasteiger partial charge in [0.25, 0.3) is 5.91 Å².